The van der Waals surface area contributed by atoms with Gasteiger partial charge in [0.1, 0.15) is 69.9 Å². The van der Waals surface area contributed by atoms with E-state index in [2.05, 4.69) is 106 Å². The summed E-state index contributed by atoms with van der Waals surface area (Å²) in [5.41, 5.74) is 2.85. The number of nitro groups is 3. The van der Waals surface area contributed by atoms with E-state index in [0.717, 1.165) is 91.7 Å². The molecule has 0 radical (unpaired) electrons. The average Bonchev–Trinajstić information content (AvgIpc) is 1.54. The first-order valence-corrected chi connectivity index (χ1v) is 33.7. The van der Waals surface area contributed by atoms with Gasteiger partial charge in [-0.2, -0.15) is 30.6 Å². The van der Waals surface area contributed by atoms with E-state index in [1.165, 1.54) is 37.1 Å². The van der Waals surface area contributed by atoms with Gasteiger partial charge >= 0.3 is 29.3 Å². The largest absolute Gasteiger partial charge is 0.465 e. The number of aromatic nitrogens is 20. The summed E-state index contributed by atoms with van der Waals surface area (Å²) < 4.78 is 22.3. The molecule has 10 aromatic rings. The van der Waals surface area contributed by atoms with Crippen molar-refractivity contribution in [1.82, 2.24) is 98.6 Å². The molecule has 1 aliphatic rings. The van der Waals surface area contributed by atoms with Crippen molar-refractivity contribution in [2.75, 3.05) is 78.0 Å². The van der Waals surface area contributed by atoms with Crippen molar-refractivity contribution in [1.29, 1.82) is 0 Å². The number of aliphatic hydroxyl groups excluding tert-OH is 5. The molecule has 11 rings (SSSR count). The van der Waals surface area contributed by atoms with Crippen molar-refractivity contribution in [3.8, 4) is 0 Å². The highest BCUT2D eigenvalue weighted by molar-refractivity contribution is 9.09. The maximum Gasteiger partial charge on any atom is 0.365 e. The second-order valence-corrected chi connectivity index (χ2v) is 22.5. The maximum absolute atomic E-state index is 11.4. The fourth-order valence-electron chi connectivity index (χ4n) is 8.25. The Labute approximate surface area is 620 Å². The number of allylic oxidation sites excluding steroid dienone is 1. The summed E-state index contributed by atoms with van der Waals surface area (Å²) in [7, 11) is 3.43. The molecule has 105 heavy (non-hydrogen) atoms. The lowest BCUT2D eigenvalue weighted by molar-refractivity contribution is -0.414. The number of esters is 3. The van der Waals surface area contributed by atoms with Gasteiger partial charge in [0.15, 0.2) is 21.3 Å². The Kier molecular flexibility index (Phi) is 39.1. The summed E-state index contributed by atoms with van der Waals surface area (Å²) in [6.45, 7) is 3.52. The number of ether oxygens (including phenoxy) is 3. The number of nitrogens with one attached hydrogen (secondary N) is 2. The molecule has 0 aliphatic carbocycles. The highest BCUT2D eigenvalue weighted by Crippen LogP contribution is 2.22. The maximum atomic E-state index is 11.4. The fourth-order valence-corrected chi connectivity index (χ4v) is 9.16. The van der Waals surface area contributed by atoms with Crippen LogP contribution in [0.2, 0.25) is 10.3 Å². The molecule has 0 atom stereocenters. The number of methoxy groups -OCH3 is 3. The van der Waals surface area contributed by atoms with Crippen LogP contribution in [0, 0.1) is 30.3 Å². The zero-order valence-corrected chi connectivity index (χ0v) is 60.7. The van der Waals surface area contributed by atoms with E-state index in [9.17, 15) is 54.3 Å². The molecular weight excluding hydrogens is 1550 g/mol. The van der Waals surface area contributed by atoms with Crippen molar-refractivity contribution >= 4 is 142 Å². The van der Waals surface area contributed by atoms with Crippen molar-refractivity contribution in [2.24, 2.45) is 4.99 Å². The Morgan fingerprint density at radius 2 is 1.00 bits per heavy atom. The summed E-state index contributed by atoms with van der Waals surface area (Å²) >= 11 is 26.1. The molecular formula is C57H71BrCl4N24O19. The van der Waals surface area contributed by atoms with Gasteiger partial charge in [0.05, 0.1) is 80.1 Å². The van der Waals surface area contributed by atoms with E-state index >= 15 is 0 Å². The van der Waals surface area contributed by atoms with Gasteiger partial charge in [0.2, 0.25) is 11.4 Å². The van der Waals surface area contributed by atoms with E-state index in [0.29, 0.717) is 102 Å². The molecule has 0 saturated carbocycles. The Balaban J connectivity index is 0.000000257. The number of nitrogens with zero attached hydrogens (tertiary/aromatic N) is 22. The summed E-state index contributed by atoms with van der Waals surface area (Å²) in [5, 5.41) is 99.7. The van der Waals surface area contributed by atoms with Crippen LogP contribution in [0.3, 0.4) is 0 Å². The van der Waals surface area contributed by atoms with Crippen LogP contribution in [0.5, 0.6) is 0 Å². The van der Waals surface area contributed by atoms with Gasteiger partial charge in [-0.05, 0) is 44.9 Å². The number of hydrogen-bond donors (Lipinski definition) is 7. The number of halogens is 5. The summed E-state index contributed by atoms with van der Waals surface area (Å²) in [5.74, 6) is -1.14. The van der Waals surface area contributed by atoms with Gasteiger partial charge in [-0.25, -0.2) is 44.3 Å². The standard InChI is InChI=1S/2C8H8Cl2N4.2C8H10N4O2.2C8H11N3O5.C6H6N2O4.C3H7BrO/c9-2-1-3-14-4-6-7(13-14)8(10)12-5-11-6;9-2-1-3-14-7-6(4-13-14)11-5-12-8(7)10;13-3-1-2-12-4-6-7(11-12)8(14)10-5-9-6;13-3-1-2-12-7-6(4-11-12)9-5-10-8(7)14;1-16-8(13)7-6(11(14)15)5-10(9-7)3-2-4-12;1-16-8(13)7-6(11(14)15)5-9-10(7)3-2-4-12;1-12-6(9)4-2-7-3-5(4)8(10)11;4-2-1-3-5/h2*4-5H,1-3H2;2*4-5,13H,1-3H2,(H,9,10,14);2*5,12H,2-4H2,1H3;3H,2H2,1H3;5H,1-3H2. The minimum atomic E-state index is -0.852. The zero-order chi connectivity index (χ0) is 77.4. The lowest BCUT2D eigenvalue weighted by atomic mass is 10.2. The zero-order valence-electron chi connectivity index (χ0n) is 56.1. The van der Waals surface area contributed by atoms with Crippen LogP contribution in [0.1, 0.15) is 65.9 Å². The topological polar surface area (TPSA) is 572 Å². The third-order valence-corrected chi connectivity index (χ3v) is 14.7. The predicted molar refractivity (Wildman–Crippen MR) is 380 cm³/mol. The number of H-pyrrole nitrogens is 2. The minimum Gasteiger partial charge on any atom is -0.465 e. The van der Waals surface area contributed by atoms with E-state index in [4.69, 9.17) is 71.9 Å². The molecule has 568 valence electrons. The van der Waals surface area contributed by atoms with Crippen molar-refractivity contribution in [3.63, 3.8) is 0 Å². The number of carbonyl (C=O) groups is 3. The molecule has 1 aliphatic heterocycles. The smallest absolute Gasteiger partial charge is 0.365 e. The molecule has 0 spiro atoms. The second-order valence-electron chi connectivity index (χ2n) is 20.2. The third kappa shape index (κ3) is 27.0. The van der Waals surface area contributed by atoms with Crippen molar-refractivity contribution in [3.05, 3.63) is 147 Å². The van der Waals surface area contributed by atoms with Crippen molar-refractivity contribution in [2.45, 2.75) is 84.2 Å². The van der Waals surface area contributed by atoms with Crippen LogP contribution < -0.4 is 11.1 Å². The van der Waals surface area contributed by atoms with E-state index in [1.54, 1.807) is 37.3 Å². The molecule has 0 fully saturated rings. The number of aliphatic hydroxyl groups is 5. The van der Waals surface area contributed by atoms with Gasteiger partial charge < -0.3 is 49.7 Å². The molecule has 7 N–H and O–H groups in total. The molecule has 48 heteroatoms. The van der Waals surface area contributed by atoms with Crippen LogP contribution in [-0.4, -0.2) is 241 Å². The molecule has 11 heterocycles. The van der Waals surface area contributed by atoms with Crippen LogP contribution in [-0.2, 0) is 58.3 Å². The highest BCUT2D eigenvalue weighted by Gasteiger charge is 2.29. The Morgan fingerprint density at radius 1 is 0.533 bits per heavy atom. The normalized spacial score (nSPS) is 11.1. The predicted octanol–water partition coefficient (Wildman–Crippen LogP) is 3.68. The number of aryl methyl sites for hydroxylation is 6. The van der Waals surface area contributed by atoms with E-state index in [-0.39, 0.29) is 73.3 Å². The number of aliphatic imine (C=N–C) groups is 1. The number of aromatic amines is 2. The second kappa shape index (κ2) is 47.1. The SMILES string of the molecule is COC(=O)C1=C([N+](=O)[O-])C=NC1.COC(=O)c1c([N+](=O)[O-])cnn1CCCO.COC(=O)c1nn(CCCO)cc1[N+](=O)[O-].ClCCCn1cc2ncnc(Cl)c2n1.ClCCCn1ncc2ncnc(Cl)c21.O=c1[nH]cnc2cn(CCCO)nc12.O=c1[nH]cnc2cnn(CCCO)c12.OCCCBr. The first-order valence-electron chi connectivity index (χ1n) is 30.8. The summed E-state index contributed by atoms with van der Waals surface area (Å²) in [6, 6.07) is 0. The van der Waals surface area contributed by atoms with Gasteiger partial charge in [0.25, 0.3) is 16.8 Å². The number of hydrogen-bond acceptors (Lipinski definition) is 32. The molecule has 0 amide bonds. The lowest BCUT2D eigenvalue weighted by Gasteiger charge is -2.03. The summed E-state index contributed by atoms with van der Waals surface area (Å²) in [6.07, 6.45) is 20.0. The minimum absolute atomic E-state index is 0.00231. The van der Waals surface area contributed by atoms with Crippen LogP contribution >= 0.6 is 62.3 Å². The molecule has 43 nitrogen and oxygen atoms in total. The molecule has 0 saturated heterocycles. The molecule has 10 aromatic heterocycles. The number of alkyl halides is 3. The average molecular weight is 1620 g/mol. The van der Waals surface area contributed by atoms with E-state index < -0.39 is 44.1 Å². The first kappa shape index (κ1) is 87.1. The first-order chi connectivity index (χ1) is 50.6. The number of fused-ring (bicyclic) bond motifs is 4. The number of carbonyl (C=O) groups excluding carboxylic acids is 3. The molecule has 0 unspecified atom stereocenters. The van der Waals surface area contributed by atoms with Gasteiger partial charge in [-0.15, -0.1) is 23.2 Å². The fraction of sp³-hybridized carbons (Fsp3) is 0.439. The van der Waals surface area contributed by atoms with Crippen LogP contribution in [0.15, 0.2) is 88.3 Å². The molecule has 0 aromatic carbocycles. The van der Waals surface area contributed by atoms with Gasteiger partial charge in [-0.3, -0.25) is 73.0 Å². The monoisotopic (exact) mass is 1610 g/mol. The van der Waals surface area contributed by atoms with Crippen LogP contribution in [0.25, 0.3) is 44.1 Å². The Hall–Kier alpha value is -10.3. The molecule has 0 bridgehead atoms. The lowest BCUT2D eigenvalue weighted by Crippen LogP contribution is -2.14. The van der Waals surface area contributed by atoms with Gasteiger partial charge in [-0.1, -0.05) is 39.1 Å². The van der Waals surface area contributed by atoms with E-state index in [1.807, 2.05) is 6.20 Å². The quantitative estimate of drug-likeness (QED) is 0.0101. The van der Waals surface area contributed by atoms with Crippen molar-refractivity contribution < 1.29 is 68.9 Å². The third-order valence-electron chi connectivity index (χ3n) is 13.1. The van der Waals surface area contributed by atoms with Crippen LogP contribution in [0.4, 0.5) is 11.4 Å². The Bertz CT molecular complexity index is 4590. The summed E-state index contributed by atoms with van der Waals surface area (Å²) in [4.78, 5) is 118. The number of rotatable bonds is 26. The Morgan fingerprint density at radius 3 is 1.52 bits per heavy atom. The highest BCUT2D eigenvalue weighted by atomic mass is 79.9. The van der Waals surface area contributed by atoms with Gasteiger partial charge in [0, 0.05) is 89.4 Å².